The van der Waals surface area contributed by atoms with Crippen molar-refractivity contribution in [2.45, 2.75) is 19.0 Å². The number of hydrogen-bond donors (Lipinski definition) is 1. The van der Waals surface area contributed by atoms with Crippen molar-refractivity contribution in [3.63, 3.8) is 0 Å². The first-order valence-corrected chi connectivity index (χ1v) is 11.0. The van der Waals surface area contributed by atoms with E-state index in [1.807, 2.05) is 64.7 Å². The lowest BCUT2D eigenvalue weighted by Crippen LogP contribution is -2.41. The number of benzene rings is 2. The summed E-state index contributed by atoms with van der Waals surface area (Å²) < 4.78 is 0. The van der Waals surface area contributed by atoms with Gasteiger partial charge >= 0.3 is 6.03 Å². The Morgan fingerprint density at radius 1 is 1.07 bits per heavy atom. The number of nitrogens with zero attached hydrogens (tertiary/aromatic N) is 2. The standard InChI is InChI=1S/C22H17N3O2S2/c1-22(18-8-4-6-14-5-2-3-7-17(14)18)20(26)25(21(27)24-22)11-16-13-29-19(23-16)15-9-10-28-12-15/h2-10,12-13H,11H2,1H3,(H,24,27)/t22-/m0/s1. The highest BCUT2D eigenvalue weighted by atomic mass is 32.1. The molecule has 29 heavy (non-hydrogen) atoms. The van der Waals surface area contributed by atoms with E-state index in [4.69, 9.17) is 0 Å². The number of amides is 3. The van der Waals surface area contributed by atoms with Gasteiger partial charge in [0.15, 0.2) is 0 Å². The predicted octanol–water partition coefficient (Wildman–Crippen LogP) is 4.99. The summed E-state index contributed by atoms with van der Waals surface area (Å²) >= 11 is 3.13. The first kappa shape index (κ1) is 18.0. The zero-order valence-corrected chi connectivity index (χ0v) is 17.2. The molecule has 1 saturated heterocycles. The Hall–Kier alpha value is -3.03. The van der Waals surface area contributed by atoms with Crippen LogP contribution in [0.1, 0.15) is 18.2 Å². The van der Waals surface area contributed by atoms with Gasteiger partial charge in [-0.3, -0.25) is 9.69 Å². The van der Waals surface area contributed by atoms with Crippen LogP contribution < -0.4 is 5.32 Å². The molecule has 7 heteroatoms. The summed E-state index contributed by atoms with van der Waals surface area (Å²) in [5.74, 6) is -0.260. The largest absolute Gasteiger partial charge is 0.325 e. The molecule has 5 rings (SSSR count). The molecule has 2 aromatic heterocycles. The summed E-state index contributed by atoms with van der Waals surface area (Å²) in [7, 11) is 0. The number of carbonyl (C=O) groups is 2. The van der Waals surface area contributed by atoms with Gasteiger partial charge in [-0.05, 0) is 34.7 Å². The molecule has 0 radical (unpaired) electrons. The molecule has 5 nitrogen and oxygen atoms in total. The second kappa shape index (κ2) is 6.79. The number of hydrogen-bond acceptors (Lipinski definition) is 5. The first-order valence-electron chi connectivity index (χ1n) is 9.15. The number of urea groups is 1. The quantitative estimate of drug-likeness (QED) is 0.474. The normalized spacial score (nSPS) is 19.1. The number of imide groups is 1. The van der Waals surface area contributed by atoms with Crippen molar-refractivity contribution in [1.82, 2.24) is 15.2 Å². The van der Waals surface area contributed by atoms with Gasteiger partial charge in [0.05, 0.1) is 12.2 Å². The van der Waals surface area contributed by atoms with Crippen LogP contribution in [0.15, 0.2) is 64.7 Å². The predicted molar refractivity (Wildman–Crippen MR) is 116 cm³/mol. The number of nitrogens with one attached hydrogen (secondary N) is 1. The van der Waals surface area contributed by atoms with Gasteiger partial charge in [-0.1, -0.05) is 42.5 Å². The fourth-order valence-electron chi connectivity index (χ4n) is 3.74. The van der Waals surface area contributed by atoms with Crippen molar-refractivity contribution in [3.8, 4) is 10.6 Å². The van der Waals surface area contributed by atoms with E-state index in [-0.39, 0.29) is 12.5 Å². The fraction of sp³-hybridized carbons (Fsp3) is 0.136. The smallest absolute Gasteiger partial charge is 0.319 e. The van der Waals surface area contributed by atoms with Gasteiger partial charge in [-0.15, -0.1) is 11.3 Å². The molecule has 1 aliphatic rings. The summed E-state index contributed by atoms with van der Waals surface area (Å²) in [6.07, 6.45) is 0. The Bertz CT molecular complexity index is 1230. The zero-order valence-electron chi connectivity index (χ0n) is 15.6. The summed E-state index contributed by atoms with van der Waals surface area (Å²) in [4.78, 5) is 31.9. The molecule has 1 N–H and O–H groups in total. The van der Waals surface area contributed by atoms with E-state index in [0.29, 0.717) is 5.69 Å². The van der Waals surface area contributed by atoms with Gasteiger partial charge < -0.3 is 5.32 Å². The van der Waals surface area contributed by atoms with Crippen LogP contribution >= 0.6 is 22.7 Å². The Labute approximate surface area is 175 Å². The maximum atomic E-state index is 13.3. The lowest BCUT2D eigenvalue weighted by atomic mass is 9.88. The fourth-order valence-corrected chi connectivity index (χ4v) is 5.27. The van der Waals surface area contributed by atoms with E-state index in [1.165, 1.54) is 16.2 Å². The van der Waals surface area contributed by atoms with Gasteiger partial charge in [0.2, 0.25) is 0 Å². The molecule has 3 heterocycles. The van der Waals surface area contributed by atoms with E-state index >= 15 is 0 Å². The Morgan fingerprint density at radius 2 is 1.90 bits per heavy atom. The molecule has 0 aliphatic carbocycles. The highest BCUT2D eigenvalue weighted by Crippen LogP contribution is 2.35. The third-order valence-corrected chi connectivity index (χ3v) is 6.87. The molecule has 1 atom stereocenters. The number of rotatable bonds is 4. The van der Waals surface area contributed by atoms with E-state index in [1.54, 1.807) is 18.3 Å². The van der Waals surface area contributed by atoms with Crippen molar-refractivity contribution in [2.75, 3.05) is 0 Å². The minimum atomic E-state index is -1.11. The van der Waals surface area contributed by atoms with Gasteiger partial charge in [-0.25, -0.2) is 9.78 Å². The summed E-state index contributed by atoms with van der Waals surface area (Å²) in [6, 6.07) is 15.3. The second-order valence-corrected chi connectivity index (χ2v) is 8.77. The van der Waals surface area contributed by atoms with Crippen molar-refractivity contribution >= 4 is 45.4 Å². The molecule has 0 saturated carbocycles. The lowest BCUT2D eigenvalue weighted by Gasteiger charge is -2.24. The van der Waals surface area contributed by atoms with E-state index < -0.39 is 11.6 Å². The van der Waals surface area contributed by atoms with Crippen LogP contribution in [0.3, 0.4) is 0 Å². The average molecular weight is 420 g/mol. The number of carbonyl (C=O) groups excluding carboxylic acids is 2. The van der Waals surface area contributed by atoms with Crippen molar-refractivity contribution in [1.29, 1.82) is 0 Å². The van der Waals surface area contributed by atoms with Crippen LogP contribution in [-0.4, -0.2) is 21.8 Å². The minimum Gasteiger partial charge on any atom is -0.319 e. The minimum absolute atomic E-state index is 0.158. The molecule has 1 aliphatic heterocycles. The molecule has 0 spiro atoms. The van der Waals surface area contributed by atoms with E-state index in [9.17, 15) is 9.59 Å². The van der Waals surface area contributed by atoms with Crippen LogP contribution in [0.4, 0.5) is 4.79 Å². The van der Waals surface area contributed by atoms with Gasteiger partial charge in [0.25, 0.3) is 5.91 Å². The first-order chi connectivity index (χ1) is 14.1. The third-order valence-electron chi connectivity index (χ3n) is 5.24. The maximum absolute atomic E-state index is 13.3. The highest BCUT2D eigenvalue weighted by Gasteiger charge is 2.49. The van der Waals surface area contributed by atoms with E-state index in [2.05, 4.69) is 10.3 Å². The molecule has 3 amide bonds. The Kier molecular flexibility index (Phi) is 4.22. The topological polar surface area (TPSA) is 62.3 Å². The molecular weight excluding hydrogens is 402 g/mol. The molecule has 4 aromatic rings. The Morgan fingerprint density at radius 3 is 2.72 bits per heavy atom. The summed E-state index contributed by atoms with van der Waals surface area (Å²) in [5, 5.41) is 11.7. The maximum Gasteiger partial charge on any atom is 0.325 e. The second-order valence-electron chi connectivity index (χ2n) is 7.13. The highest BCUT2D eigenvalue weighted by molar-refractivity contribution is 7.14. The SMILES string of the molecule is C[C@@]1(c2cccc3ccccc23)NC(=O)N(Cc2csc(-c3ccsc3)n2)C1=O. The zero-order chi connectivity index (χ0) is 20.0. The monoisotopic (exact) mass is 419 g/mol. The molecular formula is C22H17N3O2S2. The molecule has 0 unspecified atom stereocenters. The van der Waals surface area contributed by atoms with Crippen molar-refractivity contribution < 1.29 is 9.59 Å². The van der Waals surface area contributed by atoms with Crippen LogP contribution in [-0.2, 0) is 16.9 Å². The van der Waals surface area contributed by atoms with Crippen LogP contribution in [0.2, 0.25) is 0 Å². The number of thiazole rings is 1. The van der Waals surface area contributed by atoms with Crippen molar-refractivity contribution in [3.05, 3.63) is 75.9 Å². The number of fused-ring (bicyclic) bond motifs is 1. The van der Waals surface area contributed by atoms with Crippen LogP contribution in [0.25, 0.3) is 21.3 Å². The molecule has 2 aromatic carbocycles. The third kappa shape index (κ3) is 2.94. The van der Waals surface area contributed by atoms with Gasteiger partial charge in [0, 0.05) is 16.3 Å². The number of aromatic nitrogens is 1. The molecule has 144 valence electrons. The molecule has 1 fully saturated rings. The van der Waals surface area contributed by atoms with Crippen LogP contribution in [0.5, 0.6) is 0 Å². The van der Waals surface area contributed by atoms with E-state index in [0.717, 1.165) is 26.9 Å². The summed E-state index contributed by atoms with van der Waals surface area (Å²) in [6.45, 7) is 1.93. The molecule has 0 bridgehead atoms. The van der Waals surface area contributed by atoms with Crippen molar-refractivity contribution in [2.24, 2.45) is 0 Å². The van der Waals surface area contributed by atoms with Crippen LogP contribution in [0, 0.1) is 0 Å². The Balaban J connectivity index is 1.47. The van der Waals surface area contributed by atoms with Gasteiger partial charge in [0.1, 0.15) is 10.5 Å². The van der Waals surface area contributed by atoms with Gasteiger partial charge in [-0.2, -0.15) is 11.3 Å². The number of thiophene rings is 1. The average Bonchev–Trinajstić information content (AvgIpc) is 3.46. The lowest BCUT2D eigenvalue weighted by molar-refractivity contribution is -0.131. The summed E-state index contributed by atoms with van der Waals surface area (Å²) in [5.41, 5.74) is 1.46.